The summed E-state index contributed by atoms with van der Waals surface area (Å²) in [6, 6.07) is 16.1. The molecule has 0 bridgehead atoms. The number of rotatable bonds is 7. The van der Waals surface area contributed by atoms with Crippen molar-refractivity contribution in [2.24, 2.45) is 5.10 Å². The summed E-state index contributed by atoms with van der Waals surface area (Å²) in [5.74, 6) is 0.852. The molecule has 0 fully saturated rings. The van der Waals surface area contributed by atoms with Gasteiger partial charge < -0.3 is 9.47 Å². The van der Waals surface area contributed by atoms with Gasteiger partial charge in [-0.2, -0.15) is 5.10 Å². The number of halogens is 4. The van der Waals surface area contributed by atoms with E-state index in [9.17, 15) is 4.79 Å². The molecule has 3 rings (SSSR count). The van der Waals surface area contributed by atoms with Crippen molar-refractivity contribution < 1.29 is 14.3 Å². The van der Waals surface area contributed by atoms with Crippen molar-refractivity contribution in [3.8, 4) is 11.5 Å². The Morgan fingerprint density at radius 1 is 1.10 bits per heavy atom. The summed E-state index contributed by atoms with van der Waals surface area (Å²) >= 11 is 16.5. The SMILES string of the molecule is COc1cc(/C=N\NC(=O)c2ccc(I)cc2)cc(I)c1OCc1ccc(Cl)cc1Cl. The minimum Gasteiger partial charge on any atom is -0.493 e. The van der Waals surface area contributed by atoms with Gasteiger partial charge in [-0.1, -0.05) is 29.3 Å². The van der Waals surface area contributed by atoms with Gasteiger partial charge in [0.2, 0.25) is 0 Å². The number of benzene rings is 3. The van der Waals surface area contributed by atoms with Crippen LogP contribution in [0.25, 0.3) is 0 Å². The smallest absolute Gasteiger partial charge is 0.271 e. The Kier molecular flexibility index (Phi) is 8.82. The molecular formula is C22H16Cl2I2N2O3. The first-order chi connectivity index (χ1) is 14.9. The van der Waals surface area contributed by atoms with Crippen molar-refractivity contribution in [3.05, 3.63) is 88.5 Å². The van der Waals surface area contributed by atoms with Crippen molar-refractivity contribution >= 4 is 80.5 Å². The fourth-order valence-electron chi connectivity index (χ4n) is 2.57. The zero-order chi connectivity index (χ0) is 22.4. The summed E-state index contributed by atoms with van der Waals surface area (Å²) in [4.78, 5) is 12.2. The monoisotopic (exact) mass is 680 g/mol. The molecule has 0 radical (unpaired) electrons. The highest BCUT2D eigenvalue weighted by atomic mass is 127. The number of hydrogen-bond donors (Lipinski definition) is 1. The summed E-state index contributed by atoms with van der Waals surface area (Å²) in [7, 11) is 1.56. The minimum atomic E-state index is -0.283. The van der Waals surface area contributed by atoms with Crippen LogP contribution in [0.4, 0.5) is 0 Å². The first-order valence-electron chi connectivity index (χ1n) is 8.90. The molecule has 0 aliphatic rings. The third-order valence-corrected chi connectivity index (χ3v) is 6.23. The number of nitrogens with zero attached hydrogens (tertiary/aromatic N) is 1. The molecule has 3 aromatic carbocycles. The largest absolute Gasteiger partial charge is 0.493 e. The predicted octanol–water partition coefficient (Wildman–Crippen LogP) is 6.55. The van der Waals surface area contributed by atoms with E-state index >= 15 is 0 Å². The maximum atomic E-state index is 12.2. The standard InChI is InChI=1S/C22H16Cl2I2N2O3/c1-30-20-9-13(11-27-28-22(29)14-3-6-17(25)7-4-14)8-19(26)21(20)31-12-15-2-5-16(23)10-18(15)24/h2-11H,12H2,1H3,(H,28,29)/b27-11-. The molecule has 3 aromatic rings. The van der Waals surface area contributed by atoms with E-state index in [0.717, 1.165) is 18.3 Å². The fraction of sp³-hybridized carbons (Fsp3) is 0.0909. The van der Waals surface area contributed by atoms with E-state index in [-0.39, 0.29) is 12.5 Å². The molecule has 0 aromatic heterocycles. The van der Waals surface area contributed by atoms with Gasteiger partial charge in [0.05, 0.1) is 16.9 Å². The molecule has 160 valence electrons. The topological polar surface area (TPSA) is 59.9 Å². The summed E-state index contributed by atoms with van der Waals surface area (Å²) in [6.45, 7) is 0.266. The van der Waals surface area contributed by atoms with Crippen LogP contribution in [0.5, 0.6) is 11.5 Å². The summed E-state index contributed by atoms with van der Waals surface area (Å²) in [6.07, 6.45) is 1.55. The minimum absolute atomic E-state index is 0.266. The molecule has 0 atom stereocenters. The van der Waals surface area contributed by atoms with Crippen LogP contribution >= 0.6 is 68.4 Å². The normalized spacial score (nSPS) is 10.9. The molecule has 0 heterocycles. The zero-order valence-electron chi connectivity index (χ0n) is 16.2. The summed E-state index contributed by atoms with van der Waals surface area (Å²) < 4.78 is 13.3. The van der Waals surface area contributed by atoms with Crippen LogP contribution in [-0.2, 0) is 6.61 Å². The molecular weight excluding hydrogens is 665 g/mol. The van der Waals surface area contributed by atoms with Gasteiger partial charge in [-0.05, 0) is 99.3 Å². The van der Waals surface area contributed by atoms with E-state index in [4.69, 9.17) is 32.7 Å². The van der Waals surface area contributed by atoms with Crippen molar-refractivity contribution in [1.82, 2.24) is 5.43 Å². The lowest BCUT2D eigenvalue weighted by Gasteiger charge is -2.14. The molecule has 0 aliphatic heterocycles. The first kappa shape index (κ1) is 24.1. The van der Waals surface area contributed by atoms with Crippen LogP contribution in [-0.4, -0.2) is 19.2 Å². The third kappa shape index (κ3) is 6.71. The van der Waals surface area contributed by atoms with Crippen LogP contribution in [0.2, 0.25) is 10.0 Å². The molecule has 5 nitrogen and oxygen atoms in total. The van der Waals surface area contributed by atoms with Gasteiger partial charge in [0.25, 0.3) is 5.91 Å². The van der Waals surface area contributed by atoms with Gasteiger partial charge in [-0.15, -0.1) is 0 Å². The zero-order valence-corrected chi connectivity index (χ0v) is 22.0. The maximum Gasteiger partial charge on any atom is 0.271 e. The third-order valence-electron chi connectivity index (χ3n) is 4.13. The Bertz CT molecular complexity index is 1120. The molecule has 0 spiro atoms. The van der Waals surface area contributed by atoms with E-state index in [0.29, 0.717) is 27.1 Å². The van der Waals surface area contributed by atoms with E-state index in [1.54, 1.807) is 43.7 Å². The number of ether oxygens (including phenoxy) is 2. The second kappa shape index (κ2) is 11.3. The van der Waals surface area contributed by atoms with Crippen molar-refractivity contribution in [2.75, 3.05) is 7.11 Å². The lowest BCUT2D eigenvalue weighted by atomic mass is 10.2. The molecule has 1 N–H and O–H groups in total. The average molecular weight is 681 g/mol. The Labute approximate surface area is 217 Å². The molecule has 31 heavy (non-hydrogen) atoms. The first-order valence-corrected chi connectivity index (χ1v) is 11.8. The molecule has 0 aliphatic carbocycles. The van der Waals surface area contributed by atoms with Crippen LogP contribution in [0, 0.1) is 7.14 Å². The molecule has 0 saturated heterocycles. The Morgan fingerprint density at radius 3 is 2.52 bits per heavy atom. The van der Waals surface area contributed by atoms with E-state index in [1.807, 2.05) is 24.3 Å². The molecule has 9 heteroatoms. The average Bonchev–Trinajstić information content (AvgIpc) is 2.74. The van der Waals surface area contributed by atoms with Crippen LogP contribution < -0.4 is 14.9 Å². The van der Waals surface area contributed by atoms with Gasteiger partial charge in [0, 0.05) is 24.7 Å². The van der Waals surface area contributed by atoms with Gasteiger partial charge in [0.1, 0.15) is 6.61 Å². The predicted molar refractivity (Wildman–Crippen MR) is 141 cm³/mol. The van der Waals surface area contributed by atoms with E-state index in [2.05, 4.69) is 55.7 Å². The number of carbonyl (C=O) groups excluding carboxylic acids is 1. The van der Waals surface area contributed by atoms with Gasteiger partial charge in [0.15, 0.2) is 11.5 Å². The molecule has 0 unspecified atom stereocenters. The number of nitrogens with one attached hydrogen (secondary N) is 1. The van der Waals surface area contributed by atoms with Crippen LogP contribution in [0.3, 0.4) is 0 Å². The van der Waals surface area contributed by atoms with Gasteiger partial charge in [-0.25, -0.2) is 5.43 Å². The van der Waals surface area contributed by atoms with E-state index < -0.39 is 0 Å². The Morgan fingerprint density at radius 2 is 1.84 bits per heavy atom. The number of methoxy groups -OCH3 is 1. The summed E-state index contributed by atoms with van der Waals surface area (Å²) in [5, 5.41) is 5.15. The molecule has 1 amide bonds. The maximum absolute atomic E-state index is 12.2. The van der Waals surface area contributed by atoms with Crippen LogP contribution in [0.1, 0.15) is 21.5 Å². The highest BCUT2D eigenvalue weighted by Gasteiger charge is 2.13. The highest BCUT2D eigenvalue weighted by Crippen LogP contribution is 2.34. The van der Waals surface area contributed by atoms with Gasteiger partial charge in [-0.3, -0.25) is 4.79 Å². The number of carbonyl (C=O) groups is 1. The number of amides is 1. The van der Waals surface area contributed by atoms with Crippen molar-refractivity contribution in [3.63, 3.8) is 0 Å². The Balaban J connectivity index is 1.70. The lowest BCUT2D eigenvalue weighted by Crippen LogP contribution is -2.17. The van der Waals surface area contributed by atoms with E-state index in [1.165, 1.54) is 0 Å². The fourth-order valence-corrected chi connectivity index (χ4v) is 4.18. The Hall–Kier alpha value is -1.56. The second-order valence-corrected chi connectivity index (χ2v) is 9.52. The van der Waals surface area contributed by atoms with Crippen molar-refractivity contribution in [2.45, 2.75) is 6.61 Å². The van der Waals surface area contributed by atoms with Crippen LogP contribution in [0.15, 0.2) is 59.7 Å². The number of hydrazone groups is 1. The van der Waals surface area contributed by atoms with Gasteiger partial charge >= 0.3 is 0 Å². The summed E-state index contributed by atoms with van der Waals surface area (Å²) in [5.41, 5.74) is 4.62. The number of hydrogen-bond acceptors (Lipinski definition) is 4. The highest BCUT2D eigenvalue weighted by molar-refractivity contribution is 14.1. The quantitative estimate of drug-likeness (QED) is 0.175. The second-order valence-electron chi connectivity index (χ2n) is 6.26. The lowest BCUT2D eigenvalue weighted by molar-refractivity contribution is 0.0955. The van der Waals surface area contributed by atoms with Crippen molar-refractivity contribution in [1.29, 1.82) is 0 Å². The molecule has 0 saturated carbocycles.